The number of urea groups is 1. The van der Waals surface area contributed by atoms with Crippen molar-refractivity contribution in [2.75, 3.05) is 19.8 Å². The minimum atomic E-state index is -0.761. The first kappa shape index (κ1) is 17.5. The number of nitrogens with zero attached hydrogens (tertiary/aromatic N) is 1. The lowest BCUT2D eigenvalue weighted by Gasteiger charge is -2.37. The van der Waals surface area contributed by atoms with Gasteiger partial charge in [0, 0.05) is 13.0 Å². The summed E-state index contributed by atoms with van der Waals surface area (Å²) in [5.74, 6) is 0.503. The number of amides is 2. The molecule has 1 fully saturated rings. The molecule has 6 heteroatoms. The van der Waals surface area contributed by atoms with Crippen LogP contribution in [0.1, 0.15) is 36.8 Å². The number of carbonyl (C=O) groups excluding carboxylic acids is 1. The number of hydrogen-bond acceptors (Lipinski definition) is 4. The van der Waals surface area contributed by atoms with Crippen LogP contribution in [0.15, 0.2) is 53.1 Å². The van der Waals surface area contributed by atoms with Gasteiger partial charge in [0.15, 0.2) is 0 Å². The van der Waals surface area contributed by atoms with Crippen LogP contribution in [0.4, 0.5) is 4.79 Å². The second-order valence-corrected chi connectivity index (χ2v) is 6.27. The van der Waals surface area contributed by atoms with Crippen LogP contribution in [0.3, 0.4) is 0 Å². The molecule has 1 aromatic heterocycles. The summed E-state index contributed by atoms with van der Waals surface area (Å²) in [6.45, 7) is 3.37. The summed E-state index contributed by atoms with van der Waals surface area (Å²) in [6, 6.07) is 12.9. The molecule has 0 spiro atoms. The third-order valence-corrected chi connectivity index (χ3v) is 4.49. The van der Waals surface area contributed by atoms with Crippen molar-refractivity contribution in [3.05, 3.63) is 60.1 Å². The Morgan fingerprint density at radius 1 is 1.32 bits per heavy atom. The molecule has 0 aliphatic carbocycles. The van der Waals surface area contributed by atoms with Crippen molar-refractivity contribution >= 4 is 6.03 Å². The highest BCUT2D eigenvalue weighted by Gasteiger charge is 2.30. The number of nitrogens with one attached hydrogen (secondary N) is 1. The average molecular weight is 344 g/mol. The zero-order valence-corrected chi connectivity index (χ0v) is 14.3. The van der Waals surface area contributed by atoms with Crippen molar-refractivity contribution in [3.63, 3.8) is 0 Å². The molecule has 0 saturated carbocycles. The largest absolute Gasteiger partial charge is 0.467 e. The van der Waals surface area contributed by atoms with E-state index < -0.39 is 6.10 Å². The monoisotopic (exact) mass is 344 g/mol. The van der Waals surface area contributed by atoms with Crippen LogP contribution in [0.2, 0.25) is 0 Å². The Bertz CT molecular complexity index is 659. The van der Waals surface area contributed by atoms with Crippen molar-refractivity contribution in [2.45, 2.75) is 31.5 Å². The van der Waals surface area contributed by atoms with Crippen LogP contribution in [0, 0.1) is 0 Å². The maximum absolute atomic E-state index is 12.7. The molecule has 1 aromatic carbocycles. The molecular weight excluding hydrogens is 320 g/mol. The smallest absolute Gasteiger partial charge is 0.318 e. The quantitative estimate of drug-likeness (QED) is 0.875. The van der Waals surface area contributed by atoms with E-state index in [1.54, 1.807) is 17.0 Å². The van der Waals surface area contributed by atoms with E-state index in [1.807, 2.05) is 37.3 Å². The van der Waals surface area contributed by atoms with Crippen LogP contribution in [-0.4, -0.2) is 41.8 Å². The molecule has 1 saturated heterocycles. The maximum Gasteiger partial charge on any atom is 0.318 e. The predicted octanol–water partition coefficient (Wildman–Crippen LogP) is 2.87. The Labute approximate surface area is 147 Å². The molecule has 3 rings (SSSR count). The first-order valence-corrected chi connectivity index (χ1v) is 8.56. The molecule has 6 nitrogen and oxygen atoms in total. The molecule has 134 valence electrons. The standard InChI is InChI=1S/C19H24N2O4/c1-14(15-6-3-2-4-7-15)20-19(23)21-9-11-24-13-16(21)12-17(22)18-8-5-10-25-18/h2-8,10,14,16-17,22H,9,11-13H2,1H3,(H,20,23)/t14-,16?,17?/m1/s1. The molecule has 2 heterocycles. The Balaban J connectivity index is 1.62. The van der Waals surface area contributed by atoms with Gasteiger partial charge >= 0.3 is 6.03 Å². The molecule has 1 aliphatic rings. The van der Waals surface area contributed by atoms with Crippen LogP contribution in [-0.2, 0) is 4.74 Å². The number of furan rings is 1. The lowest BCUT2D eigenvalue weighted by atomic mass is 10.1. The molecule has 25 heavy (non-hydrogen) atoms. The minimum absolute atomic E-state index is 0.0906. The number of morpholine rings is 1. The van der Waals surface area contributed by atoms with Gasteiger partial charge in [-0.25, -0.2) is 4.79 Å². The van der Waals surface area contributed by atoms with E-state index in [0.29, 0.717) is 31.9 Å². The summed E-state index contributed by atoms with van der Waals surface area (Å²) >= 11 is 0. The highest BCUT2D eigenvalue weighted by molar-refractivity contribution is 5.75. The van der Waals surface area contributed by atoms with E-state index >= 15 is 0 Å². The summed E-state index contributed by atoms with van der Waals surface area (Å²) in [5, 5.41) is 13.3. The molecule has 3 atom stereocenters. The number of aliphatic hydroxyl groups is 1. The zero-order chi connectivity index (χ0) is 17.6. The molecule has 0 radical (unpaired) electrons. The van der Waals surface area contributed by atoms with E-state index in [4.69, 9.17) is 9.15 Å². The highest BCUT2D eigenvalue weighted by Crippen LogP contribution is 2.23. The topological polar surface area (TPSA) is 74.9 Å². The van der Waals surface area contributed by atoms with Gasteiger partial charge in [0.1, 0.15) is 11.9 Å². The lowest BCUT2D eigenvalue weighted by molar-refractivity contribution is -0.0101. The molecule has 2 unspecified atom stereocenters. The van der Waals surface area contributed by atoms with Crippen LogP contribution >= 0.6 is 0 Å². The minimum Gasteiger partial charge on any atom is -0.467 e. The summed E-state index contributed by atoms with van der Waals surface area (Å²) in [6.07, 6.45) is 1.14. The maximum atomic E-state index is 12.7. The second-order valence-electron chi connectivity index (χ2n) is 6.27. The first-order chi connectivity index (χ1) is 12.1. The molecule has 1 aliphatic heterocycles. The molecule has 2 aromatic rings. The number of ether oxygens (including phenoxy) is 1. The summed E-state index contributed by atoms with van der Waals surface area (Å²) < 4.78 is 10.8. The van der Waals surface area contributed by atoms with Gasteiger partial charge in [-0.15, -0.1) is 0 Å². The van der Waals surface area contributed by atoms with Gasteiger partial charge in [-0.1, -0.05) is 30.3 Å². The normalized spacial score (nSPS) is 20.1. The third-order valence-electron chi connectivity index (χ3n) is 4.49. The van der Waals surface area contributed by atoms with Crippen molar-refractivity contribution in [2.24, 2.45) is 0 Å². The van der Waals surface area contributed by atoms with Crippen LogP contribution < -0.4 is 5.32 Å². The fourth-order valence-corrected chi connectivity index (χ4v) is 3.07. The fraction of sp³-hybridized carbons (Fsp3) is 0.421. The van der Waals surface area contributed by atoms with E-state index in [9.17, 15) is 9.90 Å². The SMILES string of the molecule is C[C@@H](NC(=O)N1CCOCC1CC(O)c1ccco1)c1ccccc1. The van der Waals surface area contributed by atoms with Gasteiger partial charge < -0.3 is 24.5 Å². The third kappa shape index (κ3) is 4.41. The van der Waals surface area contributed by atoms with E-state index in [-0.39, 0.29) is 18.1 Å². The fourth-order valence-electron chi connectivity index (χ4n) is 3.07. The second kappa shape index (κ2) is 8.18. The van der Waals surface area contributed by atoms with Gasteiger partial charge in [0.2, 0.25) is 0 Å². The van der Waals surface area contributed by atoms with Crippen molar-refractivity contribution in [1.29, 1.82) is 0 Å². The van der Waals surface area contributed by atoms with Gasteiger partial charge in [-0.3, -0.25) is 0 Å². The summed E-state index contributed by atoms with van der Waals surface area (Å²) in [4.78, 5) is 14.5. The van der Waals surface area contributed by atoms with E-state index in [0.717, 1.165) is 5.56 Å². The lowest BCUT2D eigenvalue weighted by Crippen LogP contribution is -2.53. The summed E-state index contributed by atoms with van der Waals surface area (Å²) in [7, 11) is 0. The summed E-state index contributed by atoms with van der Waals surface area (Å²) in [5.41, 5.74) is 1.05. The Morgan fingerprint density at radius 3 is 2.84 bits per heavy atom. The Kier molecular flexibility index (Phi) is 5.73. The number of rotatable bonds is 5. The number of carbonyl (C=O) groups is 1. The van der Waals surface area contributed by atoms with Crippen molar-refractivity contribution in [1.82, 2.24) is 10.2 Å². The van der Waals surface area contributed by atoms with Gasteiger partial charge in [-0.05, 0) is 24.6 Å². The zero-order valence-electron chi connectivity index (χ0n) is 14.3. The molecular formula is C19H24N2O4. The molecule has 2 amide bonds. The van der Waals surface area contributed by atoms with E-state index in [2.05, 4.69) is 5.32 Å². The van der Waals surface area contributed by atoms with Crippen molar-refractivity contribution in [3.8, 4) is 0 Å². The van der Waals surface area contributed by atoms with Gasteiger partial charge in [-0.2, -0.15) is 0 Å². The van der Waals surface area contributed by atoms with Gasteiger partial charge in [0.05, 0.1) is 31.6 Å². The Hall–Kier alpha value is -2.31. The van der Waals surface area contributed by atoms with Crippen molar-refractivity contribution < 1.29 is 19.1 Å². The number of hydrogen-bond donors (Lipinski definition) is 2. The highest BCUT2D eigenvalue weighted by atomic mass is 16.5. The molecule has 2 N–H and O–H groups in total. The van der Waals surface area contributed by atoms with Crippen LogP contribution in [0.5, 0.6) is 0 Å². The van der Waals surface area contributed by atoms with Gasteiger partial charge in [0.25, 0.3) is 0 Å². The Morgan fingerprint density at radius 2 is 2.12 bits per heavy atom. The van der Waals surface area contributed by atoms with E-state index in [1.165, 1.54) is 6.26 Å². The predicted molar refractivity (Wildman–Crippen MR) is 93.0 cm³/mol. The van der Waals surface area contributed by atoms with Crippen LogP contribution in [0.25, 0.3) is 0 Å². The number of aliphatic hydroxyl groups excluding tert-OH is 1. The average Bonchev–Trinajstić information content (AvgIpc) is 3.17. The number of benzene rings is 1. The first-order valence-electron chi connectivity index (χ1n) is 8.56. The molecule has 0 bridgehead atoms.